The predicted molar refractivity (Wildman–Crippen MR) is 142 cm³/mol. The highest BCUT2D eigenvalue weighted by molar-refractivity contribution is 6.33. The lowest BCUT2D eigenvalue weighted by molar-refractivity contribution is -0.0543. The molecule has 4 N–H and O–H groups in total. The van der Waals surface area contributed by atoms with Gasteiger partial charge < -0.3 is 30.5 Å². The van der Waals surface area contributed by atoms with Crippen LogP contribution in [0.2, 0.25) is 5.02 Å². The zero-order valence-electron chi connectivity index (χ0n) is 21.2. The number of hydrogen-bond acceptors (Lipinski definition) is 7. The first-order valence-corrected chi connectivity index (χ1v) is 13.2. The molecule has 1 aromatic carbocycles. The lowest BCUT2D eigenvalue weighted by atomic mass is 9.90. The maximum absolute atomic E-state index is 14.6. The summed E-state index contributed by atoms with van der Waals surface area (Å²) in [6, 6.07) is 8.00. The standard InChI is InChI=1S/C27H38ClFN4O3/c1-18(16-35-2)32-20-4-6-21(7-5-20)33-26-14-22(23(28)15-30-26)19-3-8-24(29)25(13-19)31-17-27(34)9-11-36-12-10-27/h3,8,13-15,18,20-21,31-32,34H,4-7,9-12,16-17H2,1-2H3,(H,30,33)/t18-,20?,21?/m0/s1. The Labute approximate surface area is 218 Å². The van der Waals surface area contributed by atoms with Gasteiger partial charge >= 0.3 is 0 Å². The first-order chi connectivity index (χ1) is 17.3. The summed E-state index contributed by atoms with van der Waals surface area (Å²) < 4.78 is 25.1. The molecule has 2 aliphatic rings. The van der Waals surface area contributed by atoms with Crippen molar-refractivity contribution < 1.29 is 19.0 Å². The molecule has 1 aromatic heterocycles. The fourth-order valence-electron chi connectivity index (χ4n) is 5.07. The van der Waals surface area contributed by atoms with Crippen molar-refractivity contribution in [3.05, 3.63) is 41.3 Å². The Balaban J connectivity index is 1.39. The molecule has 0 amide bonds. The average molecular weight is 521 g/mol. The number of rotatable bonds is 10. The van der Waals surface area contributed by atoms with E-state index in [1.54, 1.807) is 25.4 Å². The second-order valence-corrected chi connectivity index (χ2v) is 10.6. The van der Waals surface area contributed by atoms with E-state index in [1.807, 2.05) is 6.07 Å². The minimum Gasteiger partial charge on any atom is -0.388 e. The molecule has 1 saturated carbocycles. The van der Waals surface area contributed by atoms with Crippen LogP contribution in [-0.2, 0) is 9.47 Å². The van der Waals surface area contributed by atoms with Crippen molar-refractivity contribution in [2.45, 2.75) is 69.2 Å². The summed E-state index contributed by atoms with van der Waals surface area (Å²) in [7, 11) is 1.73. The third-order valence-corrected chi connectivity index (χ3v) is 7.48. The molecule has 1 saturated heterocycles. The van der Waals surface area contributed by atoms with E-state index in [-0.39, 0.29) is 12.4 Å². The van der Waals surface area contributed by atoms with Gasteiger partial charge in [0.15, 0.2) is 0 Å². The highest BCUT2D eigenvalue weighted by Gasteiger charge is 2.30. The molecule has 2 heterocycles. The normalized spacial score (nSPS) is 22.7. The van der Waals surface area contributed by atoms with E-state index in [0.29, 0.717) is 61.5 Å². The first kappa shape index (κ1) is 27.1. The van der Waals surface area contributed by atoms with Gasteiger partial charge in [0.2, 0.25) is 0 Å². The molecule has 2 aromatic rings. The maximum Gasteiger partial charge on any atom is 0.146 e. The number of nitrogens with zero attached hydrogens (tertiary/aromatic N) is 1. The van der Waals surface area contributed by atoms with E-state index < -0.39 is 5.60 Å². The van der Waals surface area contributed by atoms with Gasteiger partial charge in [0.25, 0.3) is 0 Å². The summed E-state index contributed by atoms with van der Waals surface area (Å²) in [5.41, 5.74) is 1.00. The van der Waals surface area contributed by atoms with E-state index in [9.17, 15) is 9.50 Å². The summed E-state index contributed by atoms with van der Waals surface area (Å²) in [6.45, 7) is 4.14. The van der Waals surface area contributed by atoms with Gasteiger partial charge in [0, 0.05) is 69.6 Å². The molecule has 0 spiro atoms. The number of nitrogens with one attached hydrogen (secondary N) is 3. The van der Waals surface area contributed by atoms with Gasteiger partial charge in [0.1, 0.15) is 11.6 Å². The average Bonchev–Trinajstić information content (AvgIpc) is 2.87. The SMILES string of the molecule is COC[C@H](C)NC1CCC(Nc2cc(-c3ccc(F)c(NCC4(O)CCOCC4)c3)c(Cl)cn2)CC1. The summed E-state index contributed by atoms with van der Waals surface area (Å²) in [5.74, 6) is 0.386. The molecule has 1 aliphatic carbocycles. The van der Waals surface area contributed by atoms with E-state index in [4.69, 9.17) is 21.1 Å². The largest absolute Gasteiger partial charge is 0.388 e. The van der Waals surface area contributed by atoms with Crippen molar-refractivity contribution in [3.63, 3.8) is 0 Å². The Morgan fingerprint density at radius 1 is 1.19 bits per heavy atom. The lowest BCUT2D eigenvalue weighted by Crippen LogP contribution is -2.42. The van der Waals surface area contributed by atoms with Crippen molar-refractivity contribution in [2.24, 2.45) is 0 Å². The van der Waals surface area contributed by atoms with Gasteiger partial charge in [-0.05, 0) is 56.4 Å². The van der Waals surface area contributed by atoms with Crippen LogP contribution in [-0.4, -0.2) is 67.3 Å². The van der Waals surface area contributed by atoms with Gasteiger partial charge in [-0.3, -0.25) is 0 Å². The van der Waals surface area contributed by atoms with Gasteiger partial charge in [-0.15, -0.1) is 0 Å². The van der Waals surface area contributed by atoms with Crippen molar-refractivity contribution in [1.82, 2.24) is 10.3 Å². The molecule has 7 nitrogen and oxygen atoms in total. The molecule has 2 fully saturated rings. The number of anilines is 2. The van der Waals surface area contributed by atoms with Gasteiger partial charge in [-0.1, -0.05) is 17.7 Å². The molecule has 1 atom stereocenters. The molecule has 36 heavy (non-hydrogen) atoms. The minimum absolute atomic E-state index is 0.259. The number of pyridine rings is 1. The smallest absolute Gasteiger partial charge is 0.146 e. The Bertz CT molecular complexity index is 997. The Morgan fingerprint density at radius 2 is 1.92 bits per heavy atom. The quantitative estimate of drug-likeness (QED) is 0.356. The van der Waals surface area contributed by atoms with E-state index in [0.717, 1.165) is 42.6 Å². The first-order valence-electron chi connectivity index (χ1n) is 12.9. The van der Waals surface area contributed by atoms with Gasteiger partial charge in [0.05, 0.1) is 22.9 Å². The van der Waals surface area contributed by atoms with Crippen LogP contribution < -0.4 is 16.0 Å². The van der Waals surface area contributed by atoms with Crippen molar-refractivity contribution in [1.29, 1.82) is 0 Å². The van der Waals surface area contributed by atoms with Crippen LogP contribution in [0.4, 0.5) is 15.9 Å². The van der Waals surface area contributed by atoms with E-state index in [1.165, 1.54) is 6.07 Å². The minimum atomic E-state index is -0.900. The molecule has 0 unspecified atom stereocenters. The van der Waals surface area contributed by atoms with Crippen LogP contribution in [0, 0.1) is 5.82 Å². The van der Waals surface area contributed by atoms with Gasteiger partial charge in [-0.2, -0.15) is 0 Å². The number of benzene rings is 1. The number of methoxy groups -OCH3 is 1. The molecular formula is C27H38ClFN4O3. The molecule has 198 valence electrons. The van der Waals surface area contributed by atoms with Crippen LogP contribution in [0.3, 0.4) is 0 Å². The molecule has 0 radical (unpaired) electrons. The van der Waals surface area contributed by atoms with Gasteiger partial charge in [-0.25, -0.2) is 9.37 Å². The maximum atomic E-state index is 14.6. The second kappa shape index (κ2) is 12.5. The third-order valence-electron chi connectivity index (χ3n) is 7.18. The zero-order valence-corrected chi connectivity index (χ0v) is 21.9. The summed E-state index contributed by atoms with van der Waals surface area (Å²) >= 11 is 6.50. The van der Waals surface area contributed by atoms with Crippen molar-refractivity contribution >= 4 is 23.1 Å². The highest BCUT2D eigenvalue weighted by Crippen LogP contribution is 2.33. The molecular weight excluding hydrogens is 483 g/mol. The second-order valence-electron chi connectivity index (χ2n) is 10.2. The lowest BCUT2D eigenvalue weighted by Gasteiger charge is -2.32. The monoisotopic (exact) mass is 520 g/mol. The molecule has 0 bridgehead atoms. The zero-order chi connectivity index (χ0) is 25.5. The van der Waals surface area contributed by atoms with Crippen molar-refractivity contribution in [2.75, 3.05) is 44.1 Å². The van der Waals surface area contributed by atoms with Crippen LogP contribution >= 0.6 is 11.6 Å². The Morgan fingerprint density at radius 3 is 2.64 bits per heavy atom. The number of ether oxygens (including phenoxy) is 2. The van der Waals surface area contributed by atoms with Crippen LogP contribution in [0.25, 0.3) is 11.1 Å². The third kappa shape index (κ3) is 7.29. The fourth-order valence-corrected chi connectivity index (χ4v) is 5.28. The summed E-state index contributed by atoms with van der Waals surface area (Å²) in [6.07, 6.45) is 6.98. The number of aromatic nitrogens is 1. The molecule has 1 aliphatic heterocycles. The Kier molecular flexibility index (Phi) is 9.41. The van der Waals surface area contributed by atoms with Crippen molar-refractivity contribution in [3.8, 4) is 11.1 Å². The number of aliphatic hydroxyl groups is 1. The molecule has 9 heteroatoms. The number of hydrogen-bond donors (Lipinski definition) is 4. The highest BCUT2D eigenvalue weighted by atomic mass is 35.5. The van der Waals surface area contributed by atoms with Crippen LogP contribution in [0.1, 0.15) is 45.4 Å². The predicted octanol–water partition coefficient (Wildman–Crippen LogP) is 4.84. The number of halogens is 2. The van der Waals surface area contributed by atoms with Crippen LogP contribution in [0.5, 0.6) is 0 Å². The summed E-state index contributed by atoms with van der Waals surface area (Å²) in [4.78, 5) is 4.49. The molecule has 4 rings (SSSR count). The summed E-state index contributed by atoms with van der Waals surface area (Å²) in [5, 5.41) is 21.5. The van der Waals surface area contributed by atoms with E-state index >= 15 is 0 Å². The fraction of sp³-hybridized carbons (Fsp3) is 0.593. The topological polar surface area (TPSA) is 87.7 Å². The van der Waals surface area contributed by atoms with E-state index in [2.05, 4.69) is 27.9 Å². The van der Waals surface area contributed by atoms with Crippen LogP contribution in [0.15, 0.2) is 30.5 Å². The Hall–Kier alpha value is -1.97.